The van der Waals surface area contributed by atoms with E-state index >= 15 is 0 Å². The molecular formula is C15H19NO2. The van der Waals surface area contributed by atoms with Crippen molar-refractivity contribution in [2.45, 2.75) is 19.3 Å². The van der Waals surface area contributed by atoms with Crippen molar-refractivity contribution >= 4 is 0 Å². The Morgan fingerprint density at radius 1 is 1.22 bits per heavy atom. The largest absolute Gasteiger partial charge is 0.494 e. The Hall–Kier alpha value is -1.74. The Labute approximate surface area is 108 Å². The molecule has 2 aromatic rings. The first-order valence-electron chi connectivity index (χ1n) is 6.31. The van der Waals surface area contributed by atoms with Gasteiger partial charge in [0.05, 0.1) is 12.9 Å². The summed E-state index contributed by atoms with van der Waals surface area (Å²) in [7, 11) is 0. The van der Waals surface area contributed by atoms with E-state index in [0.29, 0.717) is 13.2 Å². The standard InChI is InChI=1S/C15H19NO2/c1-2-17-13-7-5-12(6-8-13)14(9-10-16)15-4-3-11-18-15/h3-8,11,14H,2,9-10,16H2,1H3. The van der Waals surface area contributed by atoms with Crippen LogP contribution in [0.4, 0.5) is 0 Å². The summed E-state index contributed by atoms with van der Waals surface area (Å²) in [6.07, 6.45) is 2.58. The van der Waals surface area contributed by atoms with Gasteiger partial charge < -0.3 is 14.9 Å². The number of nitrogens with two attached hydrogens (primary N) is 1. The summed E-state index contributed by atoms with van der Waals surface area (Å²) in [6.45, 7) is 3.30. The lowest BCUT2D eigenvalue weighted by Gasteiger charge is -2.14. The van der Waals surface area contributed by atoms with E-state index < -0.39 is 0 Å². The minimum atomic E-state index is 0.223. The number of hydrogen-bond donors (Lipinski definition) is 1. The van der Waals surface area contributed by atoms with Crippen molar-refractivity contribution < 1.29 is 9.15 Å². The van der Waals surface area contributed by atoms with Gasteiger partial charge in [0.25, 0.3) is 0 Å². The highest BCUT2D eigenvalue weighted by atomic mass is 16.5. The molecule has 1 atom stereocenters. The number of rotatable bonds is 6. The molecule has 0 aliphatic carbocycles. The molecular weight excluding hydrogens is 226 g/mol. The van der Waals surface area contributed by atoms with Crippen molar-refractivity contribution in [2.24, 2.45) is 5.73 Å². The summed E-state index contributed by atoms with van der Waals surface area (Å²) < 4.78 is 10.9. The zero-order valence-corrected chi connectivity index (χ0v) is 10.6. The van der Waals surface area contributed by atoms with E-state index in [-0.39, 0.29) is 5.92 Å². The maximum Gasteiger partial charge on any atom is 0.119 e. The molecule has 1 aromatic heterocycles. The van der Waals surface area contributed by atoms with Crippen LogP contribution in [0, 0.1) is 0 Å². The second kappa shape index (κ2) is 6.26. The van der Waals surface area contributed by atoms with E-state index in [9.17, 15) is 0 Å². The number of furan rings is 1. The topological polar surface area (TPSA) is 48.4 Å². The maximum atomic E-state index is 5.68. The molecule has 0 radical (unpaired) electrons. The zero-order valence-electron chi connectivity index (χ0n) is 10.6. The van der Waals surface area contributed by atoms with Gasteiger partial charge in [0.15, 0.2) is 0 Å². The normalized spacial score (nSPS) is 12.3. The average molecular weight is 245 g/mol. The van der Waals surface area contributed by atoms with Crippen LogP contribution in [0.1, 0.15) is 30.6 Å². The van der Waals surface area contributed by atoms with E-state index in [2.05, 4.69) is 12.1 Å². The molecule has 1 aromatic carbocycles. The van der Waals surface area contributed by atoms with Gasteiger partial charge in [-0.15, -0.1) is 0 Å². The van der Waals surface area contributed by atoms with Crippen LogP contribution in [-0.4, -0.2) is 13.2 Å². The van der Waals surface area contributed by atoms with Gasteiger partial charge in [-0.05, 0) is 49.7 Å². The SMILES string of the molecule is CCOc1ccc(C(CCN)c2ccco2)cc1. The first kappa shape index (κ1) is 12.7. The lowest BCUT2D eigenvalue weighted by Crippen LogP contribution is -2.08. The zero-order chi connectivity index (χ0) is 12.8. The summed E-state index contributed by atoms with van der Waals surface area (Å²) in [4.78, 5) is 0. The van der Waals surface area contributed by atoms with Crippen molar-refractivity contribution in [2.75, 3.05) is 13.2 Å². The lowest BCUT2D eigenvalue weighted by atomic mass is 9.93. The van der Waals surface area contributed by atoms with E-state index in [0.717, 1.165) is 17.9 Å². The third-order valence-corrected chi connectivity index (χ3v) is 2.94. The molecule has 18 heavy (non-hydrogen) atoms. The summed E-state index contributed by atoms with van der Waals surface area (Å²) in [5.74, 6) is 2.08. The molecule has 0 bridgehead atoms. The quantitative estimate of drug-likeness (QED) is 0.850. The monoisotopic (exact) mass is 245 g/mol. The summed E-state index contributed by atoms with van der Waals surface area (Å²) in [5.41, 5.74) is 6.89. The van der Waals surface area contributed by atoms with Crippen molar-refractivity contribution in [3.63, 3.8) is 0 Å². The predicted molar refractivity (Wildman–Crippen MR) is 71.8 cm³/mol. The van der Waals surface area contributed by atoms with E-state index in [1.165, 1.54) is 5.56 Å². The van der Waals surface area contributed by atoms with Crippen LogP contribution in [0.15, 0.2) is 47.1 Å². The highest BCUT2D eigenvalue weighted by Crippen LogP contribution is 2.29. The van der Waals surface area contributed by atoms with Crippen molar-refractivity contribution in [1.82, 2.24) is 0 Å². The lowest BCUT2D eigenvalue weighted by molar-refractivity contribution is 0.340. The fourth-order valence-corrected chi connectivity index (χ4v) is 2.09. The van der Waals surface area contributed by atoms with E-state index in [1.54, 1.807) is 6.26 Å². The van der Waals surface area contributed by atoms with Crippen molar-refractivity contribution in [1.29, 1.82) is 0 Å². The van der Waals surface area contributed by atoms with Gasteiger partial charge in [0.1, 0.15) is 11.5 Å². The average Bonchev–Trinajstić information content (AvgIpc) is 2.91. The molecule has 0 saturated heterocycles. The Morgan fingerprint density at radius 3 is 2.56 bits per heavy atom. The molecule has 2 rings (SSSR count). The van der Waals surface area contributed by atoms with Gasteiger partial charge in [0.2, 0.25) is 0 Å². The molecule has 2 N–H and O–H groups in total. The fraction of sp³-hybridized carbons (Fsp3) is 0.333. The van der Waals surface area contributed by atoms with Crippen molar-refractivity contribution in [3.05, 3.63) is 54.0 Å². The Kier molecular flexibility index (Phi) is 4.42. The Balaban J connectivity index is 2.20. The molecule has 0 aliphatic heterocycles. The van der Waals surface area contributed by atoms with Gasteiger partial charge in [-0.2, -0.15) is 0 Å². The second-order valence-corrected chi connectivity index (χ2v) is 4.15. The first-order valence-corrected chi connectivity index (χ1v) is 6.31. The summed E-state index contributed by atoms with van der Waals surface area (Å²) >= 11 is 0. The predicted octanol–water partition coefficient (Wildman–Crippen LogP) is 3.16. The number of benzene rings is 1. The number of hydrogen-bond acceptors (Lipinski definition) is 3. The highest BCUT2D eigenvalue weighted by molar-refractivity contribution is 5.33. The van der Waals surface area contributed by atoms with Crippen molar-refractivity contribution in [3.8, 4) is 5.75 Å². The minimum Gasteiger partial charge on any atom is -0.494 e. The maximum absolute atomic E-state index is 5.68. The smallest absolute Gasteiger partial charge is 0.119 e. The van der Waals surface area contributed by atoms with Crippen LogP contribution in [0.5, 0.6) is 5.75 Å². The molecule has 0 fully saturated rings. The van der Waals surface area contributed by atoms with Gasteiger partial charge in [-0.3, -0.25) is 0 Å². The second-order valence-electron chi connectivity index (χ2n) is 4.15. The van der Waals surface area contributed by atoms with Crippen LogP contribution in [0.25, 0.3) is 0 Å². The molecule has 3 heteroatoms. The van der Waals surface area contributed by atoms with Crippen LogP contribution < -0.4 is 10.5 Å². The molecule has 3 nitrogen and oxygen atoms in total. The van der Waals surface area contributed by atoms with Gasteiger partial charge in [-0.1, -0.05) is 12.1 Å². The van der Waals surface area contributed by atoms with Crippen LogP contribution >= 0.6 is 0 Å². The van der Waals surface area contributed by atoms with E-state index in [1.807, 2.05) is 31.2 Å². The summed E-state index contributed by atoms with van der Waals surface area (Å²) in [6, 6.07) is 12.0. The van der Waals surface area contributed by atoms with Gasteiger partial charge in [0, 0.05) is 5.92 Å². The molecule has 1 heterocycles. The molecule has 96 valence electrons. The molecule has 0 saturated carbocycles. The molecule has 0 spiro atoms. The molecule has 0 aliphatic rings. The van der Waals surface area contributed by atoms with Crippen LogP contribution in [0.2, 0.25) is 0 Å². The third-order valence-electron chi connectivity index (χ3n) is 2.94. The van der Waals surface area contributed by atoms with Crippen LogP contribution in [-0.2, 0) is 0 Å². The summed E-state index contributed by atoms with van der Waals surface area (Å²) in [5, 5.41) is 0. The first-order chi connectivity index (χ1) is 8.85. The highest BCUT2D eigenvalue weighted by Gasteiger charge is 2.15. The van der Waals surface area contributed by atoms with Gasteiger partial charge in [-0.25, -0.2) is 0 Å². The molecule has 1 unspecified atom stereocenters. The van der Waals surface area contributed by atoms with Gasteiger partial charge >= 0.3 is 0 Å². The van der Waals surface area contributed by atoms with Crippen LogP contribution in [0.3, 0.4) is 0 Å². The number of ether oxygens (including phenoxy) is 1. The Bertz CT molecular complexity index is 448. The fourth-order valence-electron chi connectivity index (χ4n) is 2.09. The third kappa shape index (κ3) is 2.93. The minimum absolute atomic E-state index is 0.223. The Morgan fingerprint density at radius 2 is 2.00 bits per heavy atom. The van der Waals surface area contributed by atoms with E-state index in [4.69, 9.17) is 14.9 Å². The molecule has 0 amide bonds.